The van der Waals surface area contributed by atoms with Crippen LogP contribution in [0, 0.1) is 0 Å². The average molecular weight is 243 g/mol. The molecule has 0 aliphatic heterocycles. The van der Waals surface area contributed by atoms with Gasteiger partial charge in [-0.25, -0.2) is 4.79 Å². The largest absolute Gasteiger partial charge is 0.404 e. The van der Waals surface area contributed by atoms with Crippen LogP contribution in [0.15, 0.2) is 40.7 Å². The molecule has 0 amide bonds. The number of nitrogens with two attached hydrogens (primary N) is 2. The molecule has 0 bridgehead atoms. The molecule has 6 heteroatoms. The molecule has 0 aromatic carbocycles. The second-order valence-corrected chi connectivity index (χ2v) is 3.22. The molecular formula is C12H13N5O. The van der Waals surface area contributed by atoms with Crippen LogP contribution < -0.4 is 11.6 Å². The van der Waals surface area contributed by atoms with Crippen LogP contribution in [0.5, 0.6) is 0 Å². The van der Waals surface area contributed by atoms with E-state index in [1.165, 1.54) is 6.20 Å². The first-order valence-electron chi connectivity index (χ1n) is 5.06. The number of nitrogens with zero attached hydrogens (tertiary/aromatic N) is 3. The summed E-state index contributed by atoms with van der Waals surface area (Å²) in [5, 5.41) is 3.45. The number of hydrogen-bond donors (Lipinski definition) is 2. The van der Waals surface area contributed by atoms with Crippen LogP contribution in [0.3, 0.4) is 0 Å². The molecule has 1 aromatic heterocycles. The van der Waals surface area contributed by atoms with Crippen LogP contribution in [0.4, 0.5) is 0 Å². The molecule has 0 atom stereocenters. The van der Waals surface area contributed by atoms with E-state index in [1.54, 1.807) is 37.5 Å². The van der Waals surface area contributed by atoms with Crippen LogP contribution >= 0.6 is 0 Å². The number of aliphatic imine (C=N–C) groups is 1. The summed E-state index contributed by atoms with van der Waals surface area (Å²) in [6.45, 7) is 0. The van der Waals surface area contributed by atoms with Crippen molar-refractivity contribution in [3.05, 3.63) is 41.9 Å². The smallest absolute Gasteiger partial charge is 0.126 e. The zero-order valence-electron chi connectivity index (χ0n) is 9.87. The van der Waals surface area contributed by atoms with E-state index in [4.69, 9.17) is 11.6 Å². The van der Waals surface area contributed by atoms with Gasteiger partial charge in [-0.15, -0.1) is 0 Å². The third-order valence-electron chi connectivity index (χ3n) is 2.14. The standard InChI is InChI=1S/C12H13N5O/c1-15-7-10(6-13)9-2-3-11(16-8-9)12(17-14)4-5-18/h2-4,6-8H,13-14H2,1H3/b10-6+,15-7?,17-12-. The number of carbonyl (C=O) groups excluding carboxylic acids is 1. The molecule has 1 aromatic rings. The van der Waals surface area contributed by atoms with Crippen LogP contribution in [0.25, 0.3) is 5.57 Å². The van der Waals surface area contributed by atoms with Crippen molar-refractivity contribution in [3.63, 3.8) is 0 Å². The van der Waals surface area contributed by atoms with E-state index >= 15 is 0 Å². The van der Waals surface area contributed by atoms with Gasteiger partial charge in [0, 0.05) is 36.8 Å². The number of hydrazone groups is 1. The van der Waals surface area contributed by atoms with Gasteiger partial charge >= 0.3 is 0 Å². The van der Waals surface area contributed by atoms with Crippen molar-refractivity contribution in [2.24, 2.45) is 21.7 Å². The fourth-order valence-electron chi connectivity index (χ4n) is 1.30. The van der Waals surface area contributed by atoms with Gasteiger partial charge in [0.2, 0.25) is 0 Å². The Labute approximate surface area is 104 Å². The summed E-state index contributed by atoms with van der Waals surface area (Å²) in [5.74, 6) is 6.76. The Bertz CT molecular complexity index is 536. The maximum absolute atomic E-state index is 10.3. The Balaban J connectivity index is 3.10. The van der Waals surface area contributed by atoms with Gasteiger partial charge in [0.1, 0.15) is 11.7 Å². The molecule has 0 aliphatic carbocycles. The molecular weight excluding hydrogens is 230 g/mol. The van der Waals surface area contributed by atoms with E-state index < -0.39 is 0 Å². The van der Waals surface area contributed by atoms with Crippen LogP contribution in [-0.2, 0) is 4.79 Å². The van der Waals surface area contributed by atoms with Crippen LogP contribution in [0.1, 0.15) is 11.3 Å². The highest BCUT2D eigenvalue weighted by atomic mass is 16.1. The minimum Gasteiger partial charge on any atom is -0.404 e. The summed E-state index contributed by atoms with van der Waals surface area (Å²) in [7, 11) is 1.65. The number of allylic oxidation sites excluding steroid dienone is 2. The summed E-state index contributed by atoms with van der Waals surface area (Å²) < 4.78 is 0. The van der Waals surface area contributed by atoms with Crippen molar-refractivity contribution in [2.45, 2.75) is 0 Å². The number of aromatic nitrogens is 1. The van der Waals surface area contributed by atoms with Crippen molar-refractivity contribution in [1.82, 2.24) is 4.98 Å². The Morgan fingerprint density at radius 3 is 2.72 bits per heavy atom. The van der Waals surface area contributed by atoms with Crippen molar-refractivity contribution in [3.8, 4) is 0 Å². The number of hydrogen-bond acceptors (Lipinski definition) is 6. The fourth-order valence-corrected chi connectivity index (χ4v) is 1.30. The van der Waals surface area contributed by atoms with Gasteiger partial charge in [0.05, 0.1) is 11.8 Å². The van der Waals surface area contributed by atoms with Gasteiger partial charge in [-0.3, -0.25) is 9.98 Å². The Hall–Kier alpha value is -2.72. The minimum atomic E-state index is 0.263. The molecule has 18 heavy (non-hydrogen) atoms. The fraction of sp³-hybridized carbons (Fsp3) is 0.0833. The van der Waals surface area contributed by atoms with Crippen LogP contribution in [0.2, 0.25) is 0 Å². The zero-order chi connectivity index (χ0) is 13.4. The van der Waals surface area contributed by atoms with Gasteiger partial charge in [-0.2, -0.15) is 5.10 Å². The van der Waals surface area contributed by atoms with E-state index in [9.17, 15) is 4.79 Å². The molecule has 0 radical (unpaired) electrons. The maximum atomic E-state index is 10.3. The molecule has 92 valence electrons. The Kier molecular flexibility index (Phi) is 5.02. The molecule has 0 aliphatic rings. The van der Waals surface area contributed by atoms with Crippen molar-refractivity contribution >= 4 is 23.4 Å². The summed E-state index contributed by atoms with van der Waals surface area (Å²) in [5.41, 5.74) is 7.77. The lowest BCUT2D eigenvalue weighted by atomic mass is 10.1. The van der Waals surface area contributed by atoms with Crippen LogP contribution in [-0.4, -0.2) is 29.9 Å². The molecule has 0 unspecified atom stereocenters. The van der Waals surface area contributed by atoms with E-state index in [2.05, 4.69) is 15.1 Å². The van der Waals surface area contributed by atoms with E-state index in [0.717, 1.165) is 17.2 Å². The Morgan fingerprint density at radius 1 is 1.50 bits per heavy atom. The highest BCUT2D eigenvalue weighted by Crippen LogP contribution is 2.11. The van der Waals surface area contributed by atoms with Crippen molar-refractivity contribution in [1.29, 1.82) is 0 Å². The summed E-state index contributed by atoms with van der Waals surface area (Å²) in [6, 6.07) is 3.47. The normalized spacial score (nSPS) is 12.5. The van der Waals surface area contributed by atoms with Gasteiger partial charge in [-0.05, 0) is 6.07 Å². The molecule has 4 N–H and O–H groups in total. The first-order valence-corrected chi connectivity index (χ1v) is 5.06. The van der Waals surface area contributed by atoms with Gasteiger partial charge in [0.15, 0.2) is 0 Å². The first-order chi connectivity index (χ1) is 8.76. The lowest BCUT2D eigenvalue weighted by molar-refractivity contribution is 0.569. The lowest BCUT2D eigenvalue weighted by Crippen LogP contribution is -2.04. The SMILES string of the molecule is CN=C/C(=C\N)c1ccc(/C(C=C=O)=N\N)nc1. The maximum Gasteiger partial charge on any atom is 0.126 e. The predicted octanol–water partition coefficient (Wildman–Crippen LogP) is 0.132. The molecule has 0 fully saturated rings. The topological polar surface area (TPSA) is 107 Å². The molecule has 0 saturated heterocycles. The van der Waals surface area contributed by atoms with E-state index in [-0.39, 0.29) is 5.71 Å². The van der Waals surface area contributed by atoms with E-state index in [0.29, 0.717) is 5.69 Å². The second-order valence-electron chi connectivity index (χ2n) is 3.22. The first kappa shape index (κ1) is 13.3. The highest BCUT2D eigenvalue weighted by Gasteiger charge is 2.04. The Morgan fingerprint density at radius 2 is 2.28 bits per heavy atom. The third-order valence-corrected chi connectivity index (χ3v) is 2.14. The number of pyridine rings is 1. The summed E-state index contributed by atoms with van der Waals surface area (Å²) in [6.07, 6.45) is 5.78. The molecule has 0 saturated carbocycles. The third kappa shape index (κ3) is 3.13. The second kappa shape index (κ2) is 6.78. The molecule has 1 rings (SSSR count). The van der Waals surface area contributed by atoms with Gasteiger partial charge < -0.3 is 11.6 Å². The quantitative estimate of drug-likeness (QED) is 0.339. The predicted molar refractivity (Wildman–Crippen MR) is 71.8 cm³/mol. The average Bonchev–Trinajstić information content (AvgIpc) is 2.42. The van der Waals surface area contributed by atoms with Gasteiger partial charge in [-0.1, -0.05) is 6.07 Å². The van der Waals surface area contributed by atoms with Gasteiger partial charge in [0.25, 0.3) is 0 Å². The molecule has 0 spiro atoms. The van der Waals surface area contributed by atoms with Crippen molar-refractivity contribution < 1.29 is 4.79 Å². The zero-order valence-corrected chi connectivity index (χ0v) is 9.87. The van der Waals surface area contributed by atoms with E-state index in [1.807, 2.05) is 0 Å². The summed E-state index contributed by atoms with van der Waals surface area (Å²) >= 11 is 0. The minimum absolute atomic E-state index is 0.263. The summed E-state index contributed by atoms with van der Waals surface area (Å²) in [4.78, 5) is 18.3. The lowest BCUT2D eigenvalue weighted by Gasteiger charge is -2.02. The van der Waals surface area contributed by atoms with Crippen molar-refractivity contribution in [2.75, 3.05) is 7.05 Å². The molecule has 6 nitrogen and oxygen atoms in total. The highest BCUT2D eigenvalue weighted by molar-refractivity contribution is 6.12. The molecule has 1 heterocycles. The monoisotopic (exact) mass is 243 g/mol. The number of rotatable bonds is 4.